The van der Waals surface area contributed by atoms with Crippen LogP contribution in [0.15, 0.2) is 36.5 Å². The van der Waals surface area contributed by atoms with Crippen LogP contribution in [-0.4, -0.2) is 29.5 Å². The number of amides is 1. The number of anilines is 1. The minimum atomic E-state index is 0.00657. The van der Waals surface area contributed by atoms with Crippen LogP contribution in [0.4, 0.5) is 5.69 Å². The van der Waals surface area contributed by atoms with Crippen LogP contribution < -0.4 is 10.2 Å². The minimum Gasteiger partial charge on any atom is -0.311 e. The lowest BCUT2D eigenvalue weighted by atomic mass is 10.2. The monoisotopic (exact) mass is 267 g/mol. The molecule has 1 unspecified atom stereocenters. The number of nitrogens with zero attached hydrogens (tertiary/aromatic N) is 2. The molecule has 20 heavy (non-hydrogen) atoms. The van der Waals surface area contributed by atoms with E-state index in [2.05, 4.69) is 16.4 Å². The molecule has 4 heteroatoms. The average Bonchev–Trinajstić information content (AvgIpc) is 3.23. The summed E-state index contributed by atoms with van der Waals surface area (Å²) in [4.78, 5) is 18.7. The molecule has 2 heterocycles. The molecule has 2 aromatic rings. The molecule has 1 N–H and O–H groups in total. The summed E-state index contributed by atoms with van der Waals surface area (Å²) in [5.74, 6) is 0.208. The second kappa shape index (κ2) is 4.56. The van der Waals surface area contributed by atoms with Gasteiger partial charge in [0, 0.05) is 29.9 Å². The molecule has 1 atom stereocenters. The zero-order valence-electron chi connectivity index (χ0n) is 11.2. The van der Waals surface area contributed by atoms with Crippen molar-refractivity contribution in [3.05, 3.63) is 36.5 Å². The highest BCUT2D eigenvalue weighted by atomic mass is 16.2. The summed E-state index contributed by atoms with van der Waals surface area (Å²) in [6, 6.07) is 10.6. The Morgan fingerprint density at radius 3 is 2.95 bits per heavy atom. The fraction of sp³-hybridized carbons (Fsp3) is 0.375. The molecule has 0 spiro atoms. The number of rotatable bonds is 3. The van der Waals surface area contributed by atoms with Gasteiger partial charge in [-0.2, -0.15) is 0 Å². The van der Waals surface area contributed by atoms with Crippen LogP contribution in [0, 0.1) is 0 Å². The molecule has 4 nitrogen and oxygen atoms in total. The Morgan fingerprint density at radius 1 is 1.20 bits per heavy atom. The molecule has 1 aliphatic carbocycles. The summed E-state index contributed by atoms with van der Waals surface area (Å²) in [5, 5.41) is 4.52. The molecular weight excluding hydrogens is 250 g/mol. The highest BCUT2D eigenvalue weighted by Gasteiger charge is 2.36. The Balaban J connectivity index is 1.60. The lowest BCUT2D eigenvalue weighted by Gasteiger charge is -2.17. The first-order valence-electron chi connectivity index (χ1n) is 7.23. The van der Waals surface area contributed by atoms with Gasteiger partial charge in [0.2, 0.25) is 5.91 Å². The van der Waals surface area contributed by atoms with Crippen LogP contribution in [-0.2, 0) is 4.79 Å². The van der Waals surface area contributed by atoms with Gasteiger partial charge >= 0.3 is 0 Å². The average molecular weight is 267 g/mol. The van der Waals surface area contributed by atoms with Crippen LogP contribution in [0.25, 0.3) is 10.9 Å². The summed E-state index contributed by atoms with van der Waals surface area (Å²) in [7, 11) is 0. The van der Waals surface area contributed by atoms with Crippen molar-refractivity contribution in [1.29, 1.82) is 0 Å². The molecule has 2 fully saturated rings. The van der Waals surface area contributed by atoms with Crippen LogP contribution in [0.5, 0.6) is 0 Å². The first kappa shape index (κ1) is 11.9. The summed E-state index contributed by atoms with van der Waals surface area (Å²) >= 11 is 0. The zero-order valence-corrected chi connectivity index (χ0v) is 11.2. The third-order valence-corrected chi connectivity index (χ3v) is 4.12. The van der Waals surface area contributed by atoms with Crippen LogP contribution >= 0.6 is 0 Å². The highest BCUT2D eigenvalue weighted by molar-refractivity contribution is 6.00. The van der Waals surface area contributed by atoms with E-state index in [1.807, 2.05) is 29.2 Å². The maximum Gasteiger partial charge on any atom is 0.244 e. The zero-order chi connectivity index (χ0) is 13.5. The highest BCUT2D eigenvalue weighted by Crippen LogP contribution is 2.27. The largest absolute Gasteiger partial charge is 0.311 e. The first-order valence-corrected chi connectivity index (χ1v) is 7.23. The Kier molecular flexibility index (Phi) is 2.70. The fourth-order valence-corrected chi connectivity index (χ4v) is 2.86. The van der Waals surface area contributed by atoms with Crippen molar-refractivity contribution in [2.24, 2.45) is 0 Å². The van der Waals surface area contributed by atoms with Crippen molar-refractivity contribution >= 4 is 22.5 Å². The number of benzene rings is 1. The van der Waals surface area contributed by atoms with E-state index < -0.39 is 0 Å². The van der Waals surface area contributed by atoms with Crippen LogP contribution in [0.3, 0.4) is 0 Å². The van der Waals surface area contributed by atoms with Crippen molar-refractivity contribution in [3.8, 4) is 0 Å². The van der Waals surface area contributed by atoms with Crippen molar-refractivity contribution in [1.82, 2.24) is 10.3 Å². The molecule has 1 aromatic carbocycles. The molecule has 1 saturated carbocycles. The molecule has 4 rings (SSSR count). The maximum atomic E-state index is 12.5. The van der Waals surface area contributed by atoms with Gasteiger partial charge in [-0.05, 0) is 43.5 Å². The van der Waals surface area contributed by atoms with E-state index in [0.29, 0.717) is 6.04 Å². The van der Waals surface area contributed by atoms with Gasteiger partial charge in [-0.3, -0.25) is 9.78 Å². The van der Waals surface area contributed by atoms with Gasteiger partial charge in [0.05, 0.1) is 11.6 Å². The van der Waals surface area contributed by atoms with E-state index in [4.69, 9.17) is 0 Å². The summed E-state index contributed by atoms with van der Waals surface area (Å²) in [6.45, 7) is 0.801. The number of hydrogen-bond donors (Lipinski definition) is 1. The predicted octanol–water partition coefficient (Wildman–Crippen LogP) is 2.09. The minimum absolute atomic E-state index is 0.00657. The number of carbonyl (C=O) groups is 1. The summed E-state index contributed by atoms with van der Waals surface area (Å²) < 4.78 is 0. The standard InChI is InChI=1S/C16H17N3O/c20-16-15(18-12-3-4-12)7-9-19(16)13-5-6-14-11(10-13)2-1-8-17-14/h1-2,5-6,8,10,12,15,18H,3-4,7,9H2. The molecule has 1 saturated heterocycles. The molecule has 1 aromatic heterocycles. The number of fused-ring (bicyclic) bond motifs is 1. The fourth-order valence-electron chi connectivity index (χ4n) is 2.86. The lowest BCUT2D eigenvalue weighted by molar-refractivity contribution is -0.118. The van der Waals surface area contributed by atoms with E-state index in [0.717, 1.165) is 29.6 Å². The number of hydrogen-bond acceptors (Lipinski definition) is 3. The van der Waals surface area contributed by atoms with E-state index in [1.165, 1.54) is 12.8 Å². The van der Waals surface area contributed by atoms with Crippen molar-refractivity contribution in [2.75, 3.05) is 11.4 Å². The molecule has 0 radical (unpaired) electrons. The number of pyridine rings is 1. The number of carbonyl (C=O) groups excluding carboxylic acids is 1. The smallest absolute Gasteiger partial charge is 0.244 e. The Hall–Kier alpha value is -1.94. The van der Waals surface area contributed by atoms with Gasteiger partial charge in [-0.1, -0.05) is 6.07 Å². The quantitative estimate of drug-likeness (QED) is 0.926. The van der Waals surface area contributed by atoms with Crippen LogP contribution in [0.2, 0.25) is 0 Å². The summed E-state index contributed by atoms with van der Waals surface area (Å²) in [5.41, 5.74) is 1.95. The SMILES string of the molecule is O=C1C(NC2CC2)CCN1c1ccc2ncccc2c1. The normalized spacial score (nSPS) is 22.7. The molecule has 2 aliphatic rings. The first-order chi connectivity index (χ1) is 9.81. The van der Waals surface area contributed by atoms with Crippen LogP contribution in [0.1, 0.15) is 19.3 Å². The predicted molar refractivity (Wildman–Crippen MR) is 78.7 cm³/mol. The lowest BCUT2D eigenvalue weighted by Crippen LogP contribution is -2.39. The number of nitrogens with one attached hydrogen (secondary N) is 1. The van der Waals surface area contributed by atoms with Gasteiger partial charge in [0.15, 0.2) is 0 Å². The van der Waals surface area contributed by atoms with Crippen molar-refractivity contribution in [2.45, 2.75) is 31.3 Å². The van der Waals surface area contributed by atoms with Crippen molar-refractivity contribution < 1.29 is 4.79 Å². The third kappa shape index (κ3) is 2.06. The van der Waals surface area contributed by atoms with Crippen molar-refractivity contribution in [3.63, 3.8) is 0 Å². The van der Waals surface area contributed by atoms with E-state index >= 15 is 0 Å². The van der Waals surface area contributed by atoms with Gasteiger partial charge in [0.1, 0.15) is 0 Å². The number of aromatic nitrogens is 1. The molecule has 1 aliphatic heterocycles. The second-order valence-electron chi connectivity index (χ2n) is 5.65. The molecule has 102 valence electrons. The summed E-state index contributed by atoms with van der Waals surface area (Å²) in [6.07, 6.45) is 5.12. The van der Waals surface area contributed by atoms with E-state index in [1.54, 1.807) is 6.20 Å². The van der Waals surface area contributed by atoms with Gasteiger partial charge < -0.3 is 10.2 Å². The molecule has 0 bridgehead atoms. The maximum absolute atomic E-state index is 12.5. The second-order valence-corrected chi connectivity index (χ2v) is 5.65. The van der Waals surface area contributed by atoms with E-state index in [-0.39, 0.29) is 11.9 Å². The van der Waals surface area contributed by atoms with E-state index in [9.17, 15) is 4.79 Å². The Bertz CT molecular complexity index is 666. The third-order valence-electron chi connectivity index (χ3n) is 4.12. The Morgan fingerprint density at radius 2 is 2.10 bits per heavy atom. The van der Waals surface area contributed by atoms with Gasteiger partial charge in [-0.15, -0.1) is 0 Å². The molecule has 1 amide bonds. The van der Waals surface area contributed by atoms with Gasteiger partial charge in [0.25, 0.3) is 0 Å². The molecular formula is C16H17N3O. The van der Waals surface area contributed by atoms with Gasteiger partial charge in [-0.25, -0.2) is 0 Å². The topological polar surface area (TPSA) is 45.2 Å². The Labute approximate surface area is 117 Å².